The fourth-order valence-electron chi connectivity index (χ4n) is 0.962. The molecule has 2 N–H and O–H groups in total. The van der Waals surface area contributed by atoms with E-state index in [2.05, 4.69) is 9.32 Å². The average Bonchev–Trinajstić information content (AvgIpc) is 2.15. The summed E-state index contributed by atoms with van der Waals surface area (Å²) in [4.78, 5) is 9.81. The highest BCUT2D eigenvalue weighted by molar-refractivity contribution is 7.84. The van der Waals surface area contributed by atoms with Crippen LogP contribution >= 0.6 is 0 Å². The minimum atomic E-state index is -4.30. The lowest BCUT2D eigenvalue weighted by atomic mass is 10.3. The standard InChI is InChI=1S/C7H8N2O6S/c1-14-5-2-3-7(15-16(8,12)13)6(4-5)9(10)11/h2-4H,1H3,(H2,8,12,13). The highest BCUT2D eigenvalue weighted by atomic mass is 32.2. The number of nitro benzene ring substituents is 1. The number of rotatable bonds is 4. The zero-order valence-corrected chi connectivity index (χ0v) is 8.93. The predicted molar refractivity (Wildman–Crippen MR) is 53.4 cm³/mol. The van der Waals surface area contributed by atoms with Crippen LogP contribution in [0, 0.1) is 10.1 Å². The van der Waals surface area contributed by atoms with Gasteiger partial charge in [-0.1, -0.05) is 0 Å². The van der Waals surface area contributed by atoms with Crippen LogP contribution in [0.25, 0.3) is 0 Å². The Morgan fingerprint density at radius 2 is 2.06 bits per heavy atom. The minimum absolute atomic E-state index is 0.202. The van der Waals surface area contributed by atoms with Gasteiger partial charge in [0.2, 0.25) is 5.75 Å². The summed E-state index contributed by atoms with van der Waals surface area (Å²) in [5, 5.41) is 15.2. The molecular weight excluding hydrogens is 240 g/mol. The van der Waals surface area contributed by atoms with E-state index in [-0.39, 0.29) is 5.75 Å². The van der Waals surface area contributed by atoms with Gasteiger partial charge in [0.05, 0.1) is 18.1 Å². The molecule has 9 heteroatoms. The molecule has 0 atom stereocenters. The van der Waals surface area contributed by atoms with E-state index in [9.17, 15) is 18.5 Å². The van der Waals surface area contributed by atoms with Crippen LogP contribution in [0.3, 0.4) is 0 Å². The minimum Gasteiger partial charge on any atom is -0.496 e. The highest BCUT2D eigenvalue weighted by Crippen LogP contribution is 2.31. The Bertz CT molecular complexity index is 512. The van der Waals surface area contributed by atoms with Crippen LogP contribution in [0.2, 0.25) is 0 Å². The van der Waals surface area contributed by atoms with Crippen LogP contribution in [0.1, 0.15) is 0 Å². The first-order chi connectivity index (χ1) is 7.33. The van der Waals surface area contributed by atoms with Gasteiger partial charge in [0.1, 0.15) is 5.75 Å². The van der Waals surface area contributed by atoms with Gasteiger partial charge in [0.15, 0.2) is 0 Å². The van der Waals surface area contributed by atoms with E-state index in [1.165, 1.54) is 13.2 Å². The van der Waals surface area contributed by atoms with Gasteiger partial charge < -0.3 is 8.92 Å². The second kappa shape index (κ2) is 4.33. The molecule has 0 saturated heterocycles. The molecule has 0 spiro atoms. The molecule has 0 aliphatic heterocycles. The molecule has 0 radical (unpaired) electrons. The molecule has 0 saturated carbocycles. The number of nitro groups is 1. The fourth-order valence-corrected chi connectivity index (χ4v) is 1.35. The summed E-state index contributed by atoms with van der Waals surface area (Å²) in [6.45, 7) is 0. The molecule has 0 heterocycles. The molecule has 88 valence electrons. The Kier molecular flexibility index (Phi) is 3.30. The molecule has 1 rings (SSSR count). The van der Waals surface area contributed by atoms with Crippen LogP contribution in [0.4, 0.5) is 5.69 Å². The van der Waals surface area contributed by atoms with Crippen molar-refractivity contribution in [3.63, 3.8) is 0 Å². The Balaban J connectivity index is 3.23. The Morgan fingerprint density at radius 1 is 1.44 bits per heavy atom. The molecule has 0 amide bonds. The van der Waals surface area contributed by atoms with Gasteiger partial charge in [-0.2, -0.15) is 13.6 Å². The molecule has 0 aliphatic rings. The van der Waals surface area contributed by atoms with Gasteiger partial charge in [-0.3, -0.25) is 10.1 Å². The molecule has 16 heavy (non-hydrogen) atoms. The second-order valence-corrected chi connectivity index (χ2v) is 3.82. The first kappa shape index (κ1) is 12.2. The number of hydrogen-bond acceptors (Lipinski definition) is 6. The molecule has 0 fully saturated rings. The summed E-state index contributed by atoms with van der Waals surface area (Å²) in [5.41, 5.74) is -0.548. The number of methoxy groups -OCH3 is 1. The van der Waals surface area contributed by atoms with Crippen LogP contribution < -0.4 is 14.1 Å². The molecule has 1 aromatic carbocycles. The maximum atomic E-state index is 10.6. The van der Waals surface area contributed by atoms with Crippen molar-refractivity contribution in [1.29, 1.82) is 0 Å². The monoisotopic (exact) mass is 248 g/mol. The van der Waals surface area contributed by atoms with Crippen molar-refractivity contribution in [2.75, 3.05) is 7.11 Å². The molecule has 0 bridgehead atoms. The van der Waals surface area contributed by atoms with E-state index in [0.29, 0.717) is 0 Å². The zero-order valence-electron chi connectivity index (χ0n) is 8.11. The molecule has 1 aromatic rings. The van der Waals surface area contributed by atoms with Crippen molar-refractivity contribution in [3.8, 4) is 11.5 Å². The number of ether oxygens (including phenoxy) is 1. The van der Waals surface area contributed by atoms with E-state index >= 15 is 0 Å². The first-order valence-corrected chi connectivity index (χ1v) is 5.35. The third-order valence-corrected chi connectivity index (χ3v) is 1.98. The van der Waals surface area contributed by atoms with Crippen molar-refractivity contribution in [2.45, 2.75) is 0 Å². The zero-order chi connectivity index (χ0) is 12.3. The smallest absolute Gasteiger partial charge is 0.380 e. The third-order valence-electron chi connectivity index (χ3n) is 1.57. The summed E-state index contributed by atoms with van der Waals surface area (Å²) in [5.74, 6) is -0.262. The van der Waals surface area contributed by atoms with Crippen molar-refractivity contribution in [3.05, 3.63) is 28.3 Å². The van der Waals surface area contributed by atoms with E-state index in [1.807, 2.05) is 0 Å². The Morgan fingerprint density at radius 3 is 2.50 bits per heavy atom. The lowest BCUT2D eigenvalue weighted by molar-refractivity contribution is -0.385. The maximum Gasteiger partial charge on any atom is 0.380 e. The highest BCUT2D eigenvalue weighted by Gasteiger charge is 2.20. The molecule has 0 aromatic heterocycles. The van der Waals surface area contributed by atoms with Crippen molar-refractivity contribution in [1.82, 2.24) is 0 Å². The summed E-state index contributed by atoms with van der Waals surface area (Å²) in [6.07, 6.45) is 0. The molecular formula is C7H8N2O6S. The van der Waals surface area contributed by atoms with E-state index in [4.69, 9.17) is 4.74 Å². The van der Waals surface area contributed by atoms with Crippen LogP contribution in [-0.2, 0) is 10.3 Å². The van der Waals surface area contributed by atoms with Gasteiger partial charge >= 0.3 is 16.0 Å². The average molecular weight is 248 g/mol. The van der Waals surface area contributed by atoms with E-state index in [0.717, 1.165) is 12.1 Å². The van der Waals surface area contributed by atoms with Gasteiger partial charge in [-0.05, 0) is 12.1 Å². The third kappa shape index (κ3) is 3.07. The van der Waals surface area contributed by atoms with Crippen LogP contribution in [0.5, 0.6) is 11.5 Å². The van der Waals surface area contributed by atoms with E-state index in [1.54, 1.807) is 0 Å². The largest absolute Gasteiger partial charge is 0.496 e. The first-order valence-electron chi connectivity index (χ1n) is 3.88. The number of nitrogens with two attached hydrogens (primary N) is 1. The normalized spacial score (nSPS) is 10.9. The molecule has 0 aliphatic carbocycles. The Labute approximate surface area is 91.0 Å². The van der Waals surface area contributed by atoms with Crippen molar-refractivity contribution < 1.29 is 22.3 Å². The van der Waals surface area contributed by atoms with Gasteiger partial charge in [-0.25, -0.2) is 0 Å². The van der Waals surface area contributed by atoms with Gasteiger partial charge in [0.25, 0.3) is 0 Å². The SMILES string of the molecule is COc1ccc(OS(N)(=O)=O)c([N+](=O)[O-])c1. The van der Waals surface area contributed by atoms with Gasteiger partial charge in [0, 0.05) is 0 Å². The fraction of sp³-hybridized carbons (Fsp3) is 0.143. The predicted octanol–water partition coefficient (Wildman–Crippen LogP) is 0.186. The molecule has 8 nitrogen and oxygen atoms in total. The van der Waals surface area contributed by atoms with Crippen LogP contribution in [-0.4, -0.2) is 20.5 Å². The number of nitrogens with zero attached hydrogens (tertiary/aromatic N) is 1. The quantitative estimate of drug-likeness (QED) is 0.599. The number of hydrogen-bond donors (Lipinski definition) is 1. The van der Waals surface area contributed by atoms with Crippen molar-refractivity contribution in [2.24, 2.45) is 5.14 Å². The Hall–Kier alpha value is -1.87. The maximum absolute atomic E-state index is 10.6. The lowest BCUT2D eigenvalue weighted by Gasteiger charge is -2.04. The van der Waals surface area contributed by atoms with Crippen molar-refractivity contribution >= 4 is 16.0 Å². The van der Waals surface area contributed by atoms with Gasteiger partial charge in [-0.15, -0.1) is 0 Å². The second-order valence-electron chi connectivity index (χ2n) is 2.67. The number of benzene rings is 1. The van der Waals surface area contributed by atoms with E-state index < -0.39 is 26.7 Å². The summed E-state index contributed by atoms with van der Waals surface area (Å²) in [7, 11) is -2.98. The van der Waals surface area contributed by atoms with Crippen LogP contribution in [0.15, 0.2) is 18.2 Å². The molecule has 0 unspecified atom stereocenters. The lowest BCUT2D eigenvalue weighted by Crippen LogP contribution is -2.19. The summed E-state index contributed by atoms with van der Waals surface area (Å²) >= 11 is 0. The summed E-state index contributed by atoms with van der Waals surface area (Å²) < 4.78 is 30.3. The summed E-state index contributed by atoms with van der Waals surface area (Å²) in [6, 6.07) is 3.43. The topological polar surface area (TPSA) is 122 Å².